The van der Waals surface area contributed by atoms with Crippen LogP contribution in [0.15, 0.2) is 237 Å². The third kappa shape index (κ3) is 7.16. The highest BCUT2D eigenvalue weighted by atomic mass is 14.9. The number of hydrogen-bond donors (Lipinski definition) is 1. The molecule has 0 fully saturated rings. The Hall–Kier alpha value is -8.14. The Morgan fingerprint density at radius 2 is 0.806 bits per heavy atom. The van der Waals surface area contributed by atoms with E-state index in [-0.39, 0.29) is 6.04 Å². The molecule has 3 heteroatoms. The van der Waals surface area contributed by atoms with Gasteiger partial charge in [0.15, 0.2) is 5.82 Å². The van der Waals surface area contributed by atoms with Crippen molar-refractivity contribution in [2.45, 2.75) is 6.04 Å². The molecule has 1 atom stereocenters. The van der Waals surface area contributed by atoms with Gasteiger partial charge in [-0.25, -0.2) is 9.97 Å². The summed E-state index contributed by atoms with van der Waals surface area (Å²) in [5.74, 6) is 0.692. The summed E-state index contributed by atoms with van der Waals surface area (Å²) < 4.78 is 0. The third-order valence-corrected chi connectivity index (χ3v) is 12.0. The van der Waals surface area contributed by atoms with E-state index < -0.39 is 0 Å². The van der Waals surface area contributed by atoms with E-state index in [0.29, 0.717) is 5.82 Å². The van der Waals surface area contributed by atoms with Crippen LogP contribution in [0.25, 0.3) is 83.6 Å². The molecule has 1 aliphatic rings. The van der Waals surface area contributed by atoms with Gasteiger partial charge in [0.1, 0.15) is 0 Å². The monoisotopic (exact) mass is 791 g/mol. The van der Waals surface area contributed by atoms with E-state index in [1.165, 1.54) is 55.3 Å². The number of anilines is 1. The Labute approximate surface area is 362 Å². The van der Waals surface area contributed by atoms with Crippen molar-refractivity contribution in [2.75, 3.05) is 5.32 Å². The Morgan fingerprint density at radius 3 is 1.37 bits per heavy atom. The van der Waals surface area contributed by atoms with Gasteiger partial charge in [-0.05, 0) is 79.1 Å². The predicted octanol–water partition coefficient (Wildman–Crippen LogP) is 15.2. The fourth-order valence-electron chi connectivity index (χ4n) is 8.78. The van der Waals surface area contributed by atoms with Crippen LogP contribution in [-0.2, 0) is 0 Å². The normalized spacial score (nSPS) is 13.2. The fraction of sp³-hybridized carbons (Fsp3) is 0.0169. The van der Waals surface area contributed by atoms with Gasteiger partial charge in [0, 0.05) is 27.9 Å². The topological polar surface area (TPSA) is 37.8 Å². The molecule has 0 radical (unpaired) electrons. The van der Waals surface area contributed by atoms with Crippen molar-refractivity contribution in [3.05, 3.63) is 253 Å². The maximum absolute atomic E-state index is 5.21. The number of nitrogens with zero attached hydrogens (tertiary/aromatic N) is 2. The maximum Gasteiger partial charge on any atom is 0.160 e. The van der Waals surface area contributed by atoms with Gasteiger partial charge in [-0.1, -0.05) is 218 Å². The van der Waals surface area contributed by atoms with Crippen LogP contribution in [0.2, 0.25) is 0 Å². The van der Waals surface area contributed by atoms with Crippen molar-refractivity contribution in [1.82, 2.24) is 9.97 Å². The highest BCUT2D eigenvalue weighted by Gasteiger charge is 2.24. The first-order chi connectivity index (χ1) is 30.7. The van der Waals surface area contributed by atoms with Gasteiger partial charge in [-0.15, -0.1) is 0 Å². The van der Waals surface area contributed by atoms with Gasteiger partial charge in [0.05, 0.1) is 17.4 Å². The summed E-state index contributed by atoms with van der Waals surface area (Å²) >= 11 is 0. The quantitative estimate of drug-likeness (QED) is 0.167. The second kappa shape index (κ2) is 16.1. The van der Waals surface area contributed by atoms with Crippen molar-refractivity contribution in [2.24, 2.45) is 0 Å². The van der Waals surface area contributed by atoms with E-state index in [4.69, 9.17) is 9.97 Å². The van der Waals surface area contributed by atoms with Crippen molar-refractivity contribution in [1.29, 1.82) is 0 Å². The fourth-order valence-corrected chi connectivity index (χ4v) is 8.78. The smallest absolute Gasteiger partial charge is 0.160 e. The molecule has 1 aliphatic heterocycles. The summed E-state index contributed by atoms with van der Waals surface area (Å²) in [6.45, 7) is 0. The Morgan fingerprint density at radius 1 is 0.339 bits per heavy atom. The zero-order valence-electron chi connectivity index (χ0n) is 34.0. The van der Waals surface area contributed by atoms with Crippen molar-refractivity contribution in [3.8, 4) is 67.3 Å². The molecule has 1 unspecified atom stereocenters. The van der Waals surface area contributed by atoms with Crippen LogP contribution >= 0.6 is 0 Å². The summed E-state index contributed by atoms with van der Waals surface area (Å²) in [6, 6.07) is 81.9. The summed E-state index contributed by atoms with van der Waals surface area (Å²) in [7, 11) is 0. The Balaban J connectivity index is 0.973. The SMILES string of the molecule is C1=C(c2ccccc2)c2c(ccc3c(-c4ccc(-c5cc(-c6ccc(-c7ccccc7)cc6)nc(-c6ccc(-c7ccccc7)cc6)n5)cc4)cccc23)NC1c1ccccc1. The van der Waals surface area contributed by atoms with Gasteiger partial charge in [-0.2, -0.15) is 0 Å². The molecule has 0 saturated carbocycles. The minimum absolute atomic E-state index is 0.0669. The Kier molecular flexibility index (Phi) is 9.61. The van der Waals surface area contributed by atoms with Crippen LogP contribution in [0.4, 0.5) is 5.69 Å². The van der Waals surface area contributed by atoms with E-state index in [1.807, 2.05) is 12.1 Å². The highest BCUT2D eigenvalue weighted by Crippen LogP contribution is 2.44. The molecular formula is C59H41N3. The molecule has 2 heterocycles. The summed E-state index contributed by atoms with van der Waals surface area (Å²) in [6.07, 6.45) is 2.38. The van der Waals surface area contributed by atoms with Crippen LogP contribution in [0.3, 0.4) is 0 Å². The molecule has 62 heavy (non-hydrogen) atoms. The van der Waals surface area contributed by atoms with E-state index in [9.17, 15) is 0 Å². The molecule has 1 aromatic heterocycles. The molecule has 0 spiro atoms. The van der Waals surface area contributed by atoms with E-state index in [0.717, 1.165) is 44.9 Å². The number of hydrogen-bond acceptors (Lipinski definition) is 3. The average molecular weight is 792 g/mol. The molecule has 0 amide bonds. The standard InChI is InChI=1S/C59H41N3/c1-5-14-40(15-6-1)42-24-30-47(31-25-42)56-39-57(62-59(61-56)49-34-26-43(27-35-49)41-16-7-2-8-17-41)48-32-28-45(29-33-48)50-22-13-23-52-51(50)36-37-54-58(52)53(44-18-9-3-10-19-44)38-55(60-54)46-20-11-4-12-21-46/h1-39,55,60H. The van der Waals surface area contributed by atoms with Crippen LogP contribution < -0.4 is 5.32 Å². The molecule has 10 aromatic rings. The van der Waals surface area contributed by atoms with Gasteiger partial charge < -0.3 is 5.32 Å². The van der Waals surface area contributed by atoms with Gasteiger partial charge >= 0.3 is 0 Å². The summed E-state index contributed by atoms with van der Waals surface area (Å²) in [5.41, 5.74) is 17.9. The number of nitrogens with one attached hydrogen (secondary N) is 1. The largest absolute Gasteiger partial charge is 0.374 e. The molecule has 0 saturated heterocycles. The van der Waals surface area contributed by atoms with E-state index in [1.54, 1.807) is 0 Å². The molecule has 1 N–H and O–H groups in total. The molecule has 0 aliphatic carbocycles. The minimum Gasteiger partial charge on any atom is -0.374 e. The van der Waals surface area contributed by atoms with Gasteiger partial charge in [-0.3, -0.25) is 0 Å². The van der Waals surface area contributed by atoms with Crippen molar-refractivity contribution >= 4 is 22.0 Å². The van der Waals surface area contributed by atoms with Gasteiger partial charge in [0.2, 0.25) is 0 Å². The number of fused-ring (bicyclic) bond motifs is 3. The molecule has 11 rings (SSSR count). The first kappa shape index (κ1) is 36.9. The van der Waals surface area contributed by atoms with Crippen molar-refractivity contribution in [3.63, 3.8) is 0 Å². The van der Waals surface area contributed by atoms with Gasteiger partial charge in [0.25, 0.3) is 0 Å². The van der Waals surface area contributed by atoms with Crippen LogP contribution in [0, 0.1) is 0 Å². The molecular weight excluding hydrogens is 751 g/mol. The van der Waals surface area contributed by atoms with E-state index in [2.05, 4.69) is 230 Å². The zero-order valence-corrected chi connectivity index (χ0v) is 34.0. The molecule has 0 bridgehead atoms. The first-order valence-corrected chi connectivity index (χ1v) is 21.2. The lowest BCUT2D eigenvalue weighted by molar-refractivity contribution is 0.974. The third-order valence-electron chi connectivity index (χ3n) is 12.0. The second-order valence-corrected chi connectivity index (χ2v) is 15.8. The lowest BCUT2D eigenvalue weighted by atomic mass is 9.85. The first-order valence-electron chi connectivity index (χ1n) is 21.2. The van der Waals surface area contributed by atoms with Crippen LogP contribution in [-0.4, -0.2) is 9.97 Å². The molecule has 3 nitrogen and oxygen atoms in total. The minimum atomic E-state index is 0.0669. The van der Waals surface area contributed by atoms with Crippen LogP contribution in [0.1, 0.15) is 22.7 Å². The molecule has 292 valence electrons. The second-order valence-electron chi connectivity index (χ2n) is 15.8. The Bertz CT molecular complexity index is 3100. The molecule has 9 aromatic carbocycles. The summed E-state index contributed by atoms with van der Waals surface area (Å²) in [5, 5.41) is 6.29. The lowest BCUT2D eigenvalue weighted by Gasteiger charge is -2.29. The number of aromatic nitrogens is 2. The lowest BCUT2D eigenvalue weighted by Crippen LogP contribution is -2.15. The van der Waals surface area contributed by atoms with Crippen LogP contribution in [0.5, 0.6) is 0 Å². The predicted molar refractivity (Wildman–Crippen MR) is 258 cm³/mol. The highest BCUT2D eigenvalue weighted by molar-refractivity contribution is 6.08. The van der Waals surface area contributed by atoms with Crippen molar-refractivity contribution < 1.29 is 0 Å². The number of rotatable bonds is 8. The summed E-state index contributed by atoms with van der Waals surface area (Å²) in [4.78, 5) is 10.4. The zero-order chi connectivity index (χ0) is 41.2. The maximum atomic E-state index is 5.21. The van der Waals surface area contributed by atoms with E-state index >= 15 is 0 Å². The average Bonchev–Trinajstić information content (AvgIpc) is 3.37. The number of benzene rings is 9.